The van der Waals surface area contributed by atoms with Crippen molar-refractivity contribution in [1.82, 2.24) is 4.90 Å². The molecule has 4 heteroatoms. The maximum absolute atomic E-state index is 13.8. The molecule has 1 aromatic rings. The fourth-order valence-corrected chi connectivity index (χ4v) is 3.62. The van der Waals surface area contributed by atoms with E-state index in [0.717, 1.165) is 25.6 Å². The summed E-state index contributed by atoms with van der Waals surface area (Å²) in [4.78, 5) is 4.27. The van der Waals surface area contributed by atoms with Crippen molar-refractivity contribution in [3.8, 4) is 0 Å². The lowest BCUT2D eigenvalue weighted by Gasteiger charge is -2.38. The number of piperazine rings is 1. The van der Waals surface area contributed by atoms with Crippen LogP contribution in [0.1, 0.15) is 32.1 Å². The number of nitrogens with zero attached hydrogens (tertiary/aromatic N) is 2. The number of rotatable bonds is 3. The topological polar surface area (TPSA) is 6.48 Å². The molecule has 1 heterocycles. The Morgan fingerprint density at radius 2 is 1.76 bits per heavy atom. The third-order valence-electron chi connectivity index (χ3n) is 4.80. The zero-order valence-corrected chi connectivity index (χ0v) is 12.5. The molecule has 2 nitrogen and oxygen atoms in total. The predicted octanol–water partition coefficient (Wildman–Crippen LogP) is 3.47. The molecule has 21 heavy (non-hydrogen) atoms. The Hall–Kier alpha value is -1.16. The van der Waals surface area contributed by atoms with Crippen LogP contribution in [0.2, 0.25) is 0 Å². The van der Waals surface area contributed by atoms with E-state index in [-0.39, 0.29) is 5.69 Å². The molecule has 0 aromatic heterocycles. The molecule has 2 fully saturated rings. The molecule has 0 N–H and O–H groups in total. The van der Waals surface area contributed by atoms with E-state index in [2.05, 4.69) is 11.0 Å². The summed E-state index contributed by atoms with van der Waals surface area (Å²) in [5.74, 6) is -0.230. The van der Waals surface area contributed by atoms with Gasteiger partial charge in [0.15, 0.2) is 5.82 Å². The van der Waals surface area contributed by atoms with Crippen LogP contribution in [-0.4, -0.2) is 37.6 Å². The van der Waals surface area contributed by atoms with Crippen LogP contribution in [0.5, 0.6) is 0 Å². The first-order valence-electron chi connectivity index (χ1n) is 8.07. The normalized spacial score (nSPS) is 21.7. The SMILES string of the molecule is Fc1[c]ccc(F)c1N1CCN(CC2CCCCC2)CC1. The molecule has 1 saturated heterocycles. The minimum Gasteiger partial charge on any atom is -0.364 e. The van der Waals surface area contributed by atoms with Crippen LogP contribution in [0.25, 0.3) is 0 Å². The highest BCUT2D eigenvalue weighted by Crippen LogP contribution is 2.27. The quantitative estimate of drug-likeness (QED) is 0.842. The first-order valence-corrected chi connectivity index (χ1v) is 8.07. The van der Waals surface area contributed by atoms with E-state index in [0.29, 0.717) is 13.1 Å². The van der Waals surface area contributed by atoms with Gasteiger partial charge in [-0.15, -0.1) is 0 Å². The summed E-state index contributed by atoms with van der Waals surface area (Å²) in [6.07, 6.45) is 6.80. The molecular weight excluding hydrogens is 270 g/mol. The van der Waals surface area contributed by atoms with E-state index in [4.69, 9.17) is 0 Å². The minimum absolute atomic E-state index is 0.0924. The highest BCUT2D eigenvalue weighted by Gasteiger charge is 2.24. The van der Waals surface area contributed by atoms with Crippen LogP contribution in [0.4, 0.5) is 14.5 Å². The molecule has 3 rings (SSSR count). The van der Waals surface area contributed by atoms with E-state index >= 15 is 0 Å². The van der Waals surface area contributed by atoms with Crippen LogP contribution < -0.4 is 4.90 Å². The highest BCUT2D eigenvalue weighted by molar-refractivity contribution is 5.49. The van der Waals surface area contributed by atoms with Gasteiger partial charge in [-0.3, -0.25) is 4.90 Å². The van der Waals surface area contributed by atoms with Gasteiger partial charge in [0, 0.05) is 38.8 Å². The van der Waals surface area contributed by atoms with Gasteiger partial charge in [0.05, 0.1) is 0 Å². The van der Waals surface area contributed by atoms with E-state index in [9.17, 15) is 8.78 Å². The van der Waals surface area contributed by atoms with Gasteiger partial charge in [0.2, 0.25) is 0 Å². The summed E-state index contributed by atoms with van der Waals surface area (Å²) >= 11 is 0. The number of hydrogen-bond donors (Lipinski definition) is 0. The van der Waals surface area contributed by atoms with E-state index in [1.165, 1.54) is 44.2 Å². The Bertz CT molecular complexity index is 444. The lowest BCUT2D eigenvalue weighted by molar-refractivity contribution is 0.191. The predicted molar refractivity (Wildman–Crippen MR) is 80.4 cm³/mol. The lowest BCUT2D eigenvalue weighted by Crippen LogP contribution is -2.48. The van der Waals surface area contributed by atoms with Crippen LogP contribution in [0.3, 0.4) is 0 Å². The summed E-state index contributed by atoms with van der Waals surface area (Å²) in [6, 6.07) is 5.04. The second-order valence-electron chi connectivity index (χ2n) is 6.28. The Morgan fingerprint density at radius 3 is 2.43 bits per heavy atom. The van der Waals surface area contributed by atoms with Crippen molar-refractivity contribution in [2.24, 2.45) is 5.92 Å². The zero-order chi connectivity index (χ0) is 14.7. The lowest BCUT2D eigenvalue weighted by atomic mass is 9.89. The summed E-state index contributed by atoms with van der Waals surface area (Å²) in [5.41, 5.74) is 0.0924. The number of benzene rings is 1. The molecule has 1 saturated carbocycles. The molecule has 0 atom stereocenters. The minimum atomic E-state index is -0.573. The third kappa shape index (κ3) is 3.54. The van der Waals surface area contributed by atoms with Gasteiger partial charge in [0.25, 0.3) is 0 Å². The van der Waals surface area contributed by atoms with Gasteiger partial charge < -0.3 is 4.90 Å². The summed E-state index contributed by atoms with van der Waals surface area (Å²) in [6.45, 7) is 4.32. The standard InChI is InChI=1S/C17H23F2N2/c18-15-7-4-8-16(19)17(15)21-11-9-20(10-12-21)13-14-5-2-1-3-6-14/h4,7,14H,1-3,5-6,9-13H2. The van der Waals surface area contributed by atoms with Gasteiger partial charge in [-0.05, 0) is 30.9 Å². The van der Waals surface area contributed by atoms with Gasteiger partial charge in [0.1, 0.15) is 11.5 Å². The second kappa shape index (κ2) is 6.73. The van der Waals surface area contributed by atoms with E-state index < -0.39 is 11.6 Å². The number of hydrogen-bond acceptors (Lipinski definition) is 2. The molecule has 1 aliphatic carbocycles. The molecule has 1 aromatic carbocycles. The van der Waals surface area contributed by atoms with Crippen LogP contribution in [0.15, 0.2) is 12.1 Å². The summed E-state index contributed by atoms with van der Waals surface area (Å²) < 4.78 is 27.5. The highest BCUT2D eigenvalue weighted by atomic mass is 19.1. The van der Waals surface area contributed by atoms with Crippen molar-refractivity contribution < 1.29 is 8.78 Å². The average Bonchev–Trinajstić information content (AvgIpc) is 2.50. The van der Waals surface area contributed by atoms with Gasteiger partial charge in [-0.25, -0.2) is 8.78 Å². The fraction of sp³-hybridized carbons (Fsp3) is 0.647. The van der Waals surface area contributed by atoms with Gasteiger partial charge in [-0.1, -0.05) is 19.3 Å². The maximum atomic E-state index is 13.8. The van der Waals surface area contributed by atoms with Crippen molar-refractivity contribution in [2.45, 2.75) is 32.1 Å². The maximum Gasteiger partial charge on any atom is 0.157 e. The summed E-state index contributed by atoms with van der Waals surface area (Å²) in [7, 11) is 0. The summed E-state index contributed by atoms with van der Waals surface area (Å²) in [5, 5.41) is 0. The molecular formula is C17H23F2N2. The molecule has 115 valence electrons. The Labute approximate surface area is 125 Å². The van der Waals surface area contributed by atoms with Crippen molar-refractivity contribution in [1.29, 1.82) is 0 Å². The number of anilines is 1. The first-order chi connectivity index (χ1) is 10.2. The zero-order valence-electron chi connectivity index (χ0n) is 12.5. The average molecular weight is 293 g/mol. The monoisotopic (exact) mass is 293 g/mol. The van der Waals surface area contributed by atoms with Crippen LogP contribution in [0, 0.1) is 23.6 Å². The second-order valence-corrected chi connectivity index (χ2v) is 6.28. The largest absolute Gasteiger partial charge is 0.364 e. The molecule has 2 aliphatic rings. The van der Waals surface area contributed by atoms with Crippen molar-refractivity contribution in [3.05, 3.63) is 29.8 Å². The fourth-order valence-electron chi connectivity index (χ4n) is 3.62. The Morgan fingerprint density at radius 1 is 1.05 bits per heavy atom. The van der Waals surface area contributed by atoms with Crippen LogP contribution in [-0.2, 0) is 0 Å². The number of halogens is 2. The third-order valence-corrected chi connectivity index (χ3v) is 4.80. The smallest absolute Gasteiger partial charge is 0.157 e. The molecule has 0 spiro atoms. The Kier molecular flexibility index (Phi) is 4.73. The first kappa shape index (κ1) is 14.8. The van der Waals surface area contributed by atoms with Crippen molar-refractivity contribution >= 4 is 5.69 Å². The van der Waals surface area contributed by atoms with Crippen molar-refractivity contribution in [3.63, 3.8) is 0 Å². The van der Waals surface area contributed by atoms with Gasteiger partial charge in [-0.2, -0.15) is 0 Å². The molecule has 0 amide bonds. The van der Waals surface area contributed by atoms with E-state index in [1.807, 2.05) is 4.90 Å². The molecule has 0 bridgehead atoms. The van der Waals surface area contributed by atoms with Crippen LogP contribution >= 0.6 is 0 Å². The molecule has 1 aliphatic heterocycles. The molecule has 0 unspecified atom stereocenters. The van der Waals surface area contributed by atoms with Crippen molar-refractivity contribution in [2.75, 3.05) is 37.6 Å². The van der Waals surface area contributed by atoms with Gasteiger partial charge >= 0.3 is 0 Å². The Balaban J connectivity index is 1.55. The van der Waals surface area contributed by atoms with E-state index in [1.54, 1.807) is 0 Å². The molecule has 1 radical (unpaired) electrons.